The first-order valence-corrected chi connectivity index (χ1v) is 7.27. The van der Waals surface area contributed by atoms with Crippen LogP contribution in [0.1, 0.15) is 36.6 Å². The van der Waals surface area contributed by atoms with Gasteiger partial charge in [0.2, 0.25) is 0 Å². The van der Waals surface area contributed by atoms with Gasteiger partial charge in [-0.25, -0.2) is 13.2 Å². The Morgan fingerprint density at radius 1 is 1.04 bits per heavy atom. The average Bonchev–Trinajstić information content (AvgIpc) is 2.54. The van der Waals surface area contributed by atoms with Crippen molar-refractivity contribution in [1.29, 1.82) is 0 Å². The molecular formula is C17H18F3NO2. The lowest BCUT2D eigenvalue weighted by molar-refractivity contribution is 0.230. The highest BCUT2D eigenvalue weighted by Crippen LogP contribution is 2.29. The number of aromatic hydroxyl groups is 1. The number of aliphatic hydroxyl groups is 1. The Balaban J connectivity index is 2.29. The Hall–Kier alpha value is -2.05. The van der Waals surface area contributed by atoms with Crippen LogP contribution in [0.25, 0.3) is 0 Å². The molecule has 0 heterocycles. The number of benzene rings is 2. The first kappa shape index (κ1) is 17.3. The van der Waals surface area contributed by atoms with E-state index in [1.807, 2.05) is 6.92 Å². The Kier molecular flexibility index (Phi) is 5.63. The van der Waals surface area contributed by atoms with Crippen LogP contribution in [-0.2, 0) is 0 Å². The van der Waals surface area contributed by atoms with Gasteiger partial charge < -0.3 is 15.5 Å². The third-order valence-corrected chi connectivity index (χ3v) is 3.71. The molecule has 3 nitrogen and oxygen atoms in total. The van der Waals surface area contributed by atoms with Crippen molar-refractivity contribution in [2.75, 3.05) is 6.61 Å². The molecule has 0 amide bonds. The molecule has 0 saturated carbocycles. The number of phenols is 1. The second-order valence-electron chi connectivity index (χ2n) is 5.22. The molecule has 0 aliphatic rings. The highest BCUT2D eigenvalue weighted by Gasteiger charge is 2.21. The van der Waals surface area contributed by atoms with Gasteiger partial charge in [0.1, 0.15) is 5.75 Å². The molecule has 124 valence electrons. The van der Waals surface area contributed by atoms with Crippen molar-refractivity contribution in [1.82, 2.24) is 5.32 Å². The summed E-state index contributed by atoms with van der Waals surface area (Å²) in [6.45, 7) is 1.43. The highest BCUT2D eigenvalue weighted by molar-refractivity contribution is 5.35. The van der Waals surface area contributed by atoms with E-state index in [0.29, 0.717) is 12.0 Å². The topological polar surface area (TPSA) is 52.5 Å². The zero-order valence-corrected chi connectivity index (χ0v) is 12.6. The minimum absolute atomic E-state index is 0.0833. The molecule has 0 radical (unpaired) electrons. The van der Waals surface area contributed by atoms with Crippen molar-refractivity contribution >= 4 is 0 Å². The first-order chi connectivity index (χ1) is 11.0. The molecule has 2 aromatic carbocycles. The Labute approximate surface area is 132 Å². The lowest BCUT2D eigenvalue weighted by Crippen LogP contribution is -2.29. The Bertz CT molecular complexity index is 656. The van der Waals surface area contributed by atoms with Crippen LogP contribution in [0.3, 0.4) is 0 Å². The van der Waals surface area contributed by atoms with Gasteiger partial charge in [0.05, 0.1) is 12.6 Å². The van der Waals surface area contributed by atoms with E-state index < -0.39 is 30.1 Å². The van der Waals surface area contributed by atoms with Crippen molar-refractivity contribution in [3.63, 3.8) is 0 Å². The van der Waals surface area contributed by atoms with Gasteiger partial charge in [-0.2, -0.15) is 0 Å². The van der Waals surface area contributed by atoms with Crippen LogP contribution in [0.5, 0.6) is 5.75 Å². The van der Waals surface area contributed by atoms with Crippen LogP contribution in [-0.4, -0.2) is 16.8 Å². The summed E-state index contributed by atoms with van der Waals surface area (Å²) in [5.74, 6) is -4.08. The fourth-order valence-electron chi connectivity index (χ4n) is 2.48. The zero-order chi connectivity index (χ0) is 17.0. The molecule has 0 aliphatic carbocycles. The second-order valence-corrected chi connectivity index (χ2v) is 5.22. The van der Waals surface area contributed by atoms with Gasteiger partial charge in [-0.1, -0.05) is 25.1 Å². The molecule has 0 fully saturated rings. The summed E-state index contributed by atoms with van der Waals surface area (Å²) < 4.78 is 39.8. The van der Waals surface area contributed by atoms with E-state index in [4.69, 9.17) is 0 Å². The van der Waals surface area contributed by atoms with Crippen LogP contribution in [0.15, 0.2) is 36.4 Å². The lowest BCUT2D eigenvalue weighted by atomic mass is 10.00. The number of para-hydroxylation sites is 1. The van der Waals surface area contributed by atoms with Crippen LogP contribution < -0.4 is 5.32 Å². The first-order valence-electron chi connectivity index (χ1n) is 7.27. The highest BCUT2D eigenvalue weighted by atomic mass is 19.2. The largest absolute Gasteiger partial charge is 0.508 e. The van der Waals surface area contributed by atoms with Crippen LogP contribution >= 0.6 is 0 Å². The number of hydrogen-bond donors (Lipinski definition) is 3. The van der Waals surface area contributed by atoms with Crippen LogP contribution in [0, 0.1) is 17.5 Å². The predicted molar refractivity (Wildman–Crippen MR) is 80.4 cm³/mol. The quantitative estimate of drug-likeness (QED) is 0.712. The van der Waals surface area contributed by atoms with Crippen molar-refractivity contribution in [3.05, 3.63) is 65.0 Å². The fourth-order valence-corrected chi connectivity index (χ4v) is 2.48. The van der Waals surface area contributed by atoms with Gasteiger partial charge in [-0.05, 0) is 30.2 Å². The standard InChI is InChI=1S/C17H18F3NO2/c1-2-14(11-5-3-4-6-16(11)23)21-15(9-22)10-7-12(18)17(20)13(19)8-10/h3-8,14-15,21-23H,2,9H2,1H3/t14-,15-/m1/s1. The number of aliphatic hydroxyl groups excluding tert-OH is 1. The number of halogens is 3. The third-order valence-electron chi connectivity index (χ3n) is 3.71. The summed E-state index contributed by atoms with van der Waals surface area (Å²) in [5.41, 5.74) is 0.703. The SMILES string of the molecule is CC[C@@H](N[C@H](CO)c1cc(F)c(F)c(F)c1)c1ccccc1O. The van der Waals surface area contributed by atoms with Gasteiger partial charge in [-0.15, -0.1) is 0 Å². The Morgan fingerprint density at radius 3 is 2.17 bits per heavy atom. The normalized spacial score (nSPS) is 13.8. The number of rotatable bonds is 6. The Morgan fingerprint density at radius 2 is 1.65 bits per heavy atom. The molecule has 6 heteroatoms. The zero-order valence-electron chi connectivity index (χ0n) is 12.6. The second kappa shape index (κ2) is 7.48. The maximum Gasteiger partial charge on any atom is 0.194 e. The summed E-state index contributed by atoms with van der Waals surface area (Å²) in [5, 5.41) is 22.5. The van der Waals surface area contributed by atoms with Gasteiger partial charge in [-0.3, -0.25) is 0 Å². The maximum atomic E-state index is 13.4. The number of hydrogen-bond acceptors (Lipinski definition) is 3. The molecular weight excluding hydrogens is 307 g/mol. The van der Waals surface area contributed by atoms with Crippen molar-refractivity contribution < 1.29 is 23.4 Å². The van der Waals surface area contributed by atoms with Gasteiger partial charge in [0.25, 0.3) is 0 Å². The molecule has 3 N–H and O–H groups in total. The number of phenolic OH excluding ortho intramolecular Hbond substituents is 1. The molecule has 0 aromatic heterocycles. The molecule has 0 spiro atoms. The minimum Gasteiger partial charge on any atom is -0.508 e. The third kappa shape index (κ3) is 3.83. The molecule has 2 rings (SSSR count). The van der Waals surface area contributed by atoms with E-state index in [9.17, 15) is 23.4 Å². The summed E-state index contributed by atoms with van der Waals surface area (Å²) in [6.07, 6.45) is 0.570. The van der Waals surface area contributed by atoms with Crippen LogP contribution in [0.2, 0.25) is 0 Å². The summed E-state index contributed by atoms with van der Waals surface area (Å²) in [6, 6.07) is 7.24. The molecule has 23 heavy (non-hydrogen) atoms. The molecule has 0 saturated heterocycles. The van der Waals surface area contributed by atoms with E-state index in [1.54, 1.807) is 18.2 Å². The lowest BCUT2D eigenvalue weighted by Gasteiger charge is -2.25. The monoisotopic (exact) mass is 325 g/mol. The average molecular weight is 325 g/mol. The molecule has 0 bridgehead atoms. The molecule has 2 atom stereocenters. The number of nitrogens with one attached hydrogen (secondary N) is 1. The van der Waals surface area contributed by atoms with Crippen molar-refractivity contribution in [2.24, 2.45) is 0 Å². The van der Waals surface area contributed by atoms with Gasteiger partial charge >= 0.3 is 0 Å². The van der Waals surface area contributed by atoms with E-state index in [1.165, 1.54) is 6.07 Å². The summed E-state index contributed by atoms with van der Waals surface area (Å²) in [7, 11) is 0. The van der Waals surface area contributed by atoms with Gasteiger partial charge in [0, 0.05) is 11.6 Å². The van der Waals surface area contributed by atoms with E-state index >= 15 is 0 Å². The fraction of sp³-hybridized carbons (Fsp3) is 0.294. The molecule has 2 aromatic rings. The minimum atomic E-state index is -1.54. The van der Waals surface area contributed by atoms with Gasteiger partial charge in [0.15, 0.2) is 17.5 Å². The maximum absolute atomic E-state index is 13.4. The predicted octanol–water partition coefficient (Wildman–Crippen LogP) is 3.58. The van der Waals surface area contributed by atoms with Crippen LogP contribution in [0.4, 0.5) is 13.2 Å². The summed E-state index contributed by atoms with van der Waals surface area (Å²) >= 11 is 0. The van der Waals surface area contributed by atoms with E-state index in [-0.39, 0.29) is 17.4 Å². The van der Waals surface area contributed by atoms with Crippen molar-refractivity contribution in [3.8, 4) is 5.75 Å². The molecule has 0 aliphatic heterocycles. The van der Waals surface area contributed by atoms with Crippen molar-refractivity contribution in [2.45, 2.75) is 25.4 Å². The summed E-state index contributed by atoms with van der Waals surface area (Å²) in [4.78, 5) is 0. The molecule has 0 unspecified atom stereocenters. The smallest absolute Gasteiger partial charge is 0.194 e. The van der Waals surface area contributed by atoms with E-state index in [2.05, 4.69) is 5.32 Å². The van der Waals surface area contributed by atoms with E-state index in [0.717, 1.165) is 12.1 Å².